The molecule has 4 rings (SSSR count). The monoisotopic (exact) mass is 359 g/mol. The van der Waals surface area contributed by atoms with Crippen molar-refractivity contribution in [2.45, 2.75) is 44.1 Å². The molecule has 26 heavy (non-hydrogen) atoms. The molecular weight excluding hydrogens is 337 g/mol. The topological polar surface area (TPSA) is 78.5 Å². The quantitative estimate of drug-likeness (QED) is 0.800. The molecule has 0 spiro atoms. The van der Waals surface area contributed by atoms with Gasteiger partial charge in [-0.2, -0.15) is 0 Å². The van der Waals surface area contributed by atoms with E-state index in [1.807, 2.05) is 6.07 Å². The van der Waals surface area contributed by atoms with Crippen molar-refractivity contribution in [3.63, 3.8) is 0 Å². The smallest absolute Gasteiger partial charge is 0.322 e. The van der Waals surface area contributed by atoms with Crippen LogP contribution in [0.15, 0.2) is 18.2 Å². The van der Waals surface area contributed by atoms with Gasteiger partial charge in [-0.15, -0.1) is 0 Å². The van der Waals surface area contributed by atoms with Crippen molar-refractivity contribution < 1.29 is 18.8 Å². The molecule has 1 aromatic carbocycles. The summed E-state index contributed by atoms with van der Waals surface area (Å²) in [7, 11) is 0. The van der Waals surface area contributed by atoms with Crippen molar-refractivity contribution in [3.8, 4) is 0 Å². The van der Waals surface area contributed by atoms with E-state index in [0.29, 0.717) is 37.9 Å². The Balaban J connectivity index is 1.40. The summed E-state index contributed by atoms with van der Waals surface area (Å²) in [5.74, 6) is -0.464. The van der Waals surface area contributed by atoms with Crippen LogP contribution in [0.2, 0.25) is 0 Å². The van der Waals surface area contributed by atoms with E-state index in [-0.39, 0.29) is 30.0 Å². The van der Waals surface area contributed by atoms with Gasteiger partial charge in [-0.25, -0.2) is 9.18 Å². The molecule has 1 saturated heterocycles. The molecule has 4 amide bonds. The Bertz CT molecular complexity index is 777. The second kappa shape index (κ2) is 6.37. The lowest BCUT2D eigenvalue weighted by atomic mass is 9.87. The van der Waals surface area contributed by atoms with Gasteiger partial charge in [0.1, 0.15) is 11.4 Å². The molecule has 3 aliphatic rings. The fourth-order valence-corrected chi connectivity index (χ4v) is 4.19. The number of hydrogen-bond acceptors (Lipinski definition) is 3. The van der Waals surface area contributed by atoms with Crippen LogP contribution in [0.1, 0.15) is 36.8 Å². The van der Waals surface area contributed by atoms with Gasteiger partial charge in [0.05, 0.1) is 0 Å². The van der Waals surface area contributed by atoms with Crippen LogP contribution >= 0.6 is 0 Å². The number of urea groups is 1. The molecule has 138 valence electrons. The van der Waals surface area contributed by atoms with E-state index in [4.69, 9.17) is 0 Å². The summed E-state index contributed by atoms with van der Waals surface area (Å²) in [5, 5.41) is 5.06. The van der Waals surface area contributed by atoms with E-state index in [0.717, 1.165) is 18.4 Å². The van der Waals surface area contributed by atoms with Crippen LogP contribution in [-0.4, -0.2) is 41.4 Å². The lowest BCUT2D eigenvalue weighted by Gasteiger charge is -2.27. The maximum Gasteiger partial charge on any atom is 0.322 e. The standard InChI is InChI=1S/C19H22FN3O3/c20-15-3-1-2-12-7-10-23(11-8-14(12)15)16(24)6-9-19(13-4-5-13)17(25)21-18(26)22-19/h1-3,13H,4-11H2,(H2,21,22,25,26)/t19-/m0/s1. The molecule has 0 aromatic heterocycles. The van der Waals surface area contributed by atoms with Crippen LogP contribution in [0.3, 0.4) is 0 Å². The molecule has 1 saturated carbocycles. The molecule has 2 aliphatic heterocycles. The Morgan fingerprint density at radius 3 is 2.69 bits per heavy atom. The number of nitrogens with one attached hydrogen (secondary N) is 2. The molecular formula is C19H22FN3O3. The van der Waals surface area contributed by atoms with E-state index in [1.54, 1.807) is 11.0 Å². The Morgan fingerprint density at radius 2 is 2.00 bits per heavy atom. The van der Waals surface area contributed by atoms with E-state index >= 15 is 0 Å². The van der Waals surface area contributed by atoms with Crippen LogP contribution in [0.25, 0.3) is 0 Å². The Hall–Kier alpha value is -2.44. The summed E-state index contributed by atoms with van der Waals surface area (Å²) >= 11 is 0. The molecule has 0 bridgehead atoms. The normalized spacial score (nSPS) is 25.3. The Labute approximate surface area is 151 Å². The van der Waals surface area contributed by atoms with Gasteiger partial charge < -0.3 is 10.2 Å². The third-order valence-electron chi connectivity index (χ3n) is 5.83. The number of nitrogens with zero attached hydrogens (tertiary/aromatic N) is 1. The second-order valence-electron chi connectivity index (χ2n) is 7.41. The van der Waals surface area contributed by atoms with E-state index in [2.05, 4.69) is 10.6 Å². The molecule has 1 aromatic rings. The first-order chi connectivity index (χ1) is 12.5. The molecule has 2 N–H and O–H groups in total. The fourth-order valence-electron chi connectivity index (χ4n) is 4.19. The number of carbonyl (C=O) groups excluding carboxylic acids is 3. The van der Waals surface area contributed by atoms with E-state index < -0.39 is 11.6 Å². The molecule has 0 unspecified atom stereocenters. The minimum atomic E-state index is -0.937. The highest BCUT2D eigenvalue weighted by Crippen LogP contribution is 2.43. The van der Waals surface area contributed by atoms with Crippen molar-refractivity contribution in [1.82, 2.24) is 15.5 Å². The number of rotatable bonds is 4. The van der Waals surface area contributed by atoms with Gasteiger partial charge in [0.15, 0.2) is 0 Å². The second-order valence-corrected chi connectivity index (χ2v) is 7.41. The Kier molecular flexibility index (Phi) is 4.17. The molecule has 6 nitrogen and oxygen atoms in total. The average Bonchev–Trinajstić information content (AvgIpc) is 3.42. The molecule has 2 heterocycles. The van der Waals surface area contributed by atoms with Gasteiger partial charge in [-0.3, -0.25) is 14.9 Å². The zero-order chi connectivity index (χ0) is 18.3. The summed E-state index contributed by atoms with van der Waals surface area (Å²) in [5.41, 5.74) is 0.713. The number of amides is 4. The number of imide groups is 1. The maximum absolute atomic E-state index is 14.0. The van der Waals surface area contributed by atoms with Crippen molar-refractivity contribution in [2.75, 3.05) is 13.1 Å². The van der Waals surface area contributed by atoms with E-state index in [1.165, 1.54) is 6.07 Å². The molecule has 2 fully saturated rings. The van der Waals surface area contributed by atoms with Crippen LogP contribution in [0.5, 0.6) is 0 Å². The van der Waals surface area contributed by atoms with Gasteiger partial charge in [-0.05, 0) is 55.2 Å². The summed E-state index contributed by atoms with van der Waals surface area (Å²) in [6, 6.07) is 4.59. The predicted octanol–water partition coefficient (Wildman–Crippen LogP) is 1.52. The largest absolute Gasteiger partial charge is 0.342 e. The van der Waals surface area contributed by atoms with Gasteiger partial charge >= 0.3 is 6.03 Å². The number of carbonyl (C=O) groups is 3. The molecule has 1 aliphatic carbocycles. The van der Waals surface area contributed by atoms with Crippen LogP contribution in [0.4, 0.5) is 9.18 Å². The van der Waals surface area contributed by atoms with Crippen molar-refractivity contribution >= 4 is 17.8 Å². The third kappa shape index (κ3) is 2.95. The van der Waals surface area contributed by atoms with Gasteiger partial charge in [0.2, 0.25) is 5.91 Å². The zero-order valence-electron chi connectivity index (χ0n) is 14.5. The predicted molar refractivity (Wildman–Crippen MR) is 91.8 cm³/mol. The third-order valence-corrected chi connectivity index (χ3v) is 5.83. The first-order valence-electron chi connectivity index (χ1n) is 9.17. The summed E-state index contributed by atoms with van der Waals surface area (Å²) in [6.07, 6.45) is 3.41. The highest BCUT2D eigenvalue weighted by atomic mass is 19.1. The van der Waals surface area contributed by atoms with Gasteiger partial charge in [-0.1, -0.05) is 12.1 Å². The summed E-state index contributed by atoms with van der Waals surface area (Å²) < 4.78 is 14.0. The highest BCUT2D eigenvalue weighted by Gasteiger charge is 2.55. The molecule has 7 heteroatoms. The number of halogens is 1. The average molecular weight is 359 g/mol. The fraction of sp³-hybridized carbons (Fsp3) is 0.526. The first kappa shape index (κ1) is 17.0. The minimum Gasteiger partial charge on any atom is -0.342 e. The SMILES string of the molecule is O=C1NC(=O)[C@](CCC(=O)N2CCc3cccc(F)c3CC2)(C2CC2)N1. The number of hydrogen-bond donors (Lipinski definition) is 2. The van der Waals surface area contributed by atoms with Crippen LogP contribution in [-0.2, 0) is 22.4 Å². The number of benzene rings is 1. The van der Waals surface area contributed by atoms with Crippen molar-refractivity contribution in [2.24, 2.45) is 5.92 Å². The highest BCUT2D eigenvalue weighted by molar-refractivity contribution is 6.07. The zero-order valence-corrected chi connectivity index (χ0v) is 14.5. The maximum atomic E-state index is 14.0. The molecule has 0 radical (unpaired) electrons. The minimum absolute atomic E-state index is 0.0489. The lowest BCUT2D eigenvalue weighted by Crippen LogP contribution is -2.50. The Morgan fingerprint density at radius 1 is 1.23 bits per heavy atom. The van der Waals surface area contributed by atoms with Gasteiger partial charge in [0.25, 0.3) is 5.91 Å². The van der Waals surface area contributed by atoms with Crippen LogP contribution in [0, 0.1) is 11.7 Å². The lowest BCUT2D eigenvalue weighted by molar-refractivity contribution is -0.132. The first-order valence-corrected chi connectivity index (χ1v) is 9.17. The van der Waals surface area contributed by atoms with Crippen molar-refractivity contribution in [3.05, 3.63) is 35.1 Å². The number of fused-ring (bicyclic) bond motifs is 1. The molecule has 1 atom stereocenters. The van der Waals surface area contributed by atoms with E-state index in [9.17, 15) is 18.8 Å². The summed E-state index contributed by atoms with van der Waals surface area (Å²) in [4.78, 5) is 38.3. The summed E-state index contributed by atoms with van der Waals surface area (Å²) in [6.45, 7) is 1.02. The van der Waals surface area contributed by atoms with Gasteiger partial charge in [0, 0.05) is 19.5 Å². The van der Waals surface area contributed by atoms with Crippen molar-refractivity contribution in [1.29, 1.82) is 0 Å². The van der Waals surface area contributed by atoms with Crippen LogP contribution < -0.4 is 10.6 Å².